The van der Waals surface area contributed by atoms with Gasteiger partial charge in [0.1, 0.15) is 16.4 Å². The van der Waals surface area contributed by atoms with Gasteiger partial charge in [0.15, 0.2) is 0 Å². The highest BCUT2D eigenvalue weighted by Crippen LogP contribution is 2.46. The van der Waals surface area contributed by atoms with Crippen molar-refractivity contribution >= 4 is 16.3 Å². The quantitative estimate of drug-likeness (QED) is 0.676. The molecule has 0 radical (unpaired) electrons. The summed E-state index contributed by atoms with van der Waals surface area (Å²) in [6.45, 7) is 3.89. The van der Waals surface area contributed by atoms with Crippen LogP contribution in [0.15, 0.2) is 6.07 Å². The smallest absolute Gasteiger partial charge is 0.121 e. The highest BCUT2D eigenvalue weighted by molar-refractivity contribution is 7.19. The van der Waals surface area contributed by atoms with Crippen molar-refractivity contribution in [2.45, 2.75) is 26.7 Å². The van der Waals surface area contributed by atoms with Crippen LogP contribution in [-0.2, 0) is 19.9 Å². The molecule has 0 saturated heterocycles. The third-order valence-electron chi connectivity index (χ3n) is 4.33. The molecule has 5 nitrogen and oxygen atoms in total. The molecule has 0 atom stereocenters. The Morgan fingerprint density at radius 1 is 1.39 bits per heavy atom. The molecule has 3 heterocycles. The number of H-pyrrole nitrogens is 1. The zero-order valence-electron chi connectivity index (χ0n) is 13.3. The summed E-state index contributed by atoms with van der Waals surface area (Å²) >= 11 is 1.60. The molecule has 0 amide bonds. The van der Waals surface area contributed by atoms with Crippen molar-refractivity contribution in [3.8, 4) is 33.7 Å². The second-order valence-electron chi connectivity index (χ2n) is 5.74. The molecule has 0 saturated carbocycles. The van der Waals surface area contributed by atoms with Gasteiger partial charge in [0.2, 0.25) is 0 Å². The average molecular weight is 323 g/mol. The van der Waals surface area contributed by atoms with E-state index in [1.54, 1.807) is 11.3 Å². The van der Waals surface area contributed by atoms with E-state index in [0.717, 1.165) is 51.7 Å². The van der Waals surface area contributed by atoms with Crippen molar-refractivity contribution in [2.24, 2.45) is 7.05 Å². The van der Waals surface area contributed by atoms with E-state index < -0.39 is 0 Å². The van der Waals surface area contributed by atoms with Gasteiger partial charge in [-0.25, -0.2) is 0 Å². The van der Waals surface area contributed by atoms with Crippen molar-refractivity contribution in [1.29, 1.82) is 0 Å². The van der Waals surface area contributed by atoms with E-state index in [0.29, 0.717) is 0 Å². The van der Waals surface area contributed by atoms with Gasteiger partial charge in [-0.3, -0.25) is 9.78 Å². The molecule has 23 heavy (non-hydrogen) atoms. The van der Waals surface area contributed by atoms with Gasteiger partial charge in [-0.05, 0) is 38.3 Å². The first-order valence-electron chi connectivity index (χ1n) is 7.52. The number of aromatic nitrogens is 4. The van der Waals surface area contributed by atoms with Crippen LogP contribution >= 0.6 is 11.3 Å². The lowest BCUT2D eigenvalue weighted by molar-refractivity contribution is 0.742. The molecule has 0 spiro atoms. The molecule has 0 unspecified atom stereocenters. The van der Waals surface area contributed by atoms with E-state index in [4.69, 9.17) is 5.73 Å². The lowest BCUT2D eigenvalue weighted by Gasteiger charge is -2.12. The van der Waals surface area contributed by atoms with Crippen molar-refractivity contribution in [3.05, 3.63) is 28.6 Å². The highest BCUT2D eigenvalue weighted by Gasteiger charge is 2.28. The number of aromatic amines is 1. The summed E-state index contributed by atoms with van der Waals surface area (Å²) in [5.74, 6) is 6.14. The average Bonchev–Trinajstić information content (AvgIpc) is 3.17. The largest absolute Gasteiger partial charge is 0.390 e. The molecule has 0 aliphatic heterocycles. The van der Waals surface area contributed by atoms with Crippen LogP contribution in [0.25, 0.3) is 21.8 Å². The number of fused-ring (bicyclic) bond motifs is 3. The summed E-state index contributed by atoms with van der Waals surface area (Å²) in [4.78, 5) is 1.19. The van der Waals surface area contributed by atoms with Crippen LogP contribution in [0.3, 0.4) is 0 Å². The third-order valence-corrected chi connectivity index (χ3v) is 5.41. The predicted octanol–water partition coefficient (Wildman–Crippen LogP) is 2.90. The zero-order valence-corrected chi connectivity index (χ0v) is 14.1. The Labute approximate surface area is 138 Å². The predicted molar refractivity (Wildman–Crippen MR) is 93.2 cm³/mol. The monoisotopic (exact) mass is 323 g/mol. The minimum atomic E-state index is 0.793. The van der Waals surface area contributed by atoms with Crippen LogP contribution < -0.4 is 5.73 Å². The number of nitrogen functional groups attached to an aromatic ring is 1. The number of thiophene rings is 1. The molecule has 0 fully saturated rings. The van der Waals surface area contributed by atoms with E-state index in [9.17, 15) is 0 Å². The first-order valence-corrected chi connectivity index (χ1v) is 8.34. The Balaban J connectivity index is 1.95. The van der Waals surface area contributed by atoms with E-state index in [2.05, 4.69) is 33.2 Å². The molecule has 0 aromatic carbocycles. The standard InChI is InChI=1S/C17H17N5S/c1-4-5-11-10-6-7-12-14(16(10)23-17(11)18)15(20-19-12)13-8-9(2)22(3)21-13/h8H,6-7,18H2,1-3H3,(H,19,20). The van der Waals surface area contributed by atoms with Crippen LogP contribution in [0.1, 0.15) is 29.4 Å². The fourth-order valence-corrected chi connectivity index (χ4v) is 4.25. The molecule has 3 aromatic heterocycles. The van der Waals surface area contributed by atoms with Gasteiger partial charge in [-0.1, -0.05) is 5.92 Å². The number of anilines is 1. The maximum atomic E-state index is 6.22. The van der Waals surface area contributed by atoms with Crippen LogP contribution in [0.4, 0.5) is 5.00 Å². The van der Waals surface area contributed by atoms with Crippen molar-refractivity contribution < 1.29 is 0 Å². The maximum absolute atomic E-state index is 6.22. The van der Waals surface area contributed by atoms with E-state index >= 15 is 0 Å². The SMILES string of the molecule is CC#Cc1c(N)sc2c1CCc1[nH]nc(-c3cc(C)n(C)n3)c1-2. The Hall–Kier alpha value is -2.52. The van der Waals surface area contributed by atoms with Gasteiger partial charge in [-0.2, -0.15) is 10.2 Å². The second-order valence-corrected chi connectivity index (χ2v) is 6.80. The van der Waals surface area contributed by atoms with Gasteiger partial charge >= 0.3 is 0 Å². The number of nitrogens with one attached hydrogen (secondary N) is 1. The molecule has 3 aromatic rings. The molecule has 3 N–H and O–H groups in total. The number of hydrogen-bond donors (Lipinski definition) is 2. The van der Waals surface area contributed by atoms with E-state index in [-0.39, 0.29) is 0 Å². The highest BCUT2D eigenvalue weighted by atomic mass is 32.1. The molecular weight excluding hydrogens is 306 g/mol. The first-order chi connectivity index (χ1) is 11.1. The van der Waals surface area contributed by atoms with E-state index in [1.165, 1.54) is 10.4 Å². The fourth-order valence-electron chi connectivity index (χ4n) is 3.10. The molecule has 4 rings (SSSR count). The molecule has 1 aliphatic rings. The summed E-state index contributed by atoms with van der Waals surface area (Å²) < 4.78 is 1.87. The Morgan fingerprint density at radius 2 is 2.22 bits per heavy atom. The number of rotatable bonds is 1. The first kappa shape index (κ1) is 14.1. The summed E-state index contributed by atoms with van der Waals surface area (Å²) in [5, 5.41) is 13.1. The Morgan fingerprint density at radius 3 is 2.91 bits per heavy atom. The van der Waals surface area contributed by atoms with Gasteiger partial charge in [0.25, 0.3) is 0 Å². The van der Waals surface area contributed by atoms with Gasteiger partial charge in [0, 0.05) is 28.9 Å². The summed E-state index contributed by atoms with van der Waals surface area (Å²) in [6.07, 6.45) is 1.87. The second kappa shape index (κ2) is 5.00. The fraction of sp³-hybridized carbons (Fsp3) is 0.294. The molecule has 6 heteroatoms. The van der Waals surface area contributed by atoms with Crippen LogP contribution in [-0.4, -0.2) is 20.0 Å². The van der Waals surface area contributed by atoms with Crippen molar-refractivity contribution in [3.63, 3.8) is 0 Å². The number of nitrogens with zero attached hydrogens (tertiary/aromatic N) is 3. The summed E-state index contributed by atoms with van der Waals surface area (Å²) in [7, 11) is 1.95. The summed E-state index contributed by atoms with van der Waals surface area (Å²) in [6, 6.07) is 2.06. The van der Waals surface area contributed by atoms with Gasteiger partial charge in [-0.15, -0.1) is 17.3 Å². The minimum absolute atomic E-state index is 0.793. The Kier molecular flexibility index (Phi) is 3.06. The molecule has 1 aliphatic carbocycles. The van der Waals surface area contributed by atoms with Crippen molar-refractivity contribution in [2.75, 3.05) is 5.73 Å². The van der Waals surface area contributed by atoms with E-state index in [1.807, 2.05) is 25.6 Å². The number of aryl methyl sites for hydroxylation is 3. The molecule has 116 valence electrons. The van der Waals surface area contributed by atoms with Gasteiger partial charge in [0.05, 0.1) is 5.56 Å². The normalized spacial score (nSPS) is 12.5. The lowest BCUT2D eigenvalue weighted by atomic mass is 9.92. The lowest BCUT2D eigenvalue weighted by Crippen LogP contribution is -2.02. The van der Waals surface area contributed by atoms with Crippen LogP contribution in [0.2, 0.25) is 0 Å². The molecular formula is C17H17N5S. The van der Waals surface area contributed by atoms with Crippen molar-refractivity contribution in [1.82, 2.24) is 20.0 Å². The van der Waals surface area contributed by atoms with Crippen LogP contribution in [0.5, 0.6) is 0 Å². The maximum Gasteiger partial charge on any atom is 0.121 e. The number of hydrogen-bond acceptors (Lipinski definition) is 4. The summed E-state index contributed by atoms with van der Waals surface area (Å²) in [5.41, 5.74) is 13.7. The minimum Gasteiger partial charge on any atom is -0.390 e. The zero-order chi connectivity index (χ0) is 16.1. The topological polar surface area (TPSA) is 72.5 Å². The molecule has 0 bridgehead atoms. The Bertz CT molecular complexity index is 957. The van der Waals surface area contributed by atoms with Crippen LogP contribution in [0, 0.1) is 18.8 Å². The third kappa shape index (κ3) is 2.01. The van der Waals surface area contributed by atoms with Gasteiger partial charge < -0.3 is 5.73 Å². The number of nitrogens with two attached hydrogens (primary N) is 1.